The maximum absolute atomic E-state index is 11.9. The van der Waals surface area contributed by atoms with Crippen molar-refractivity contribution in [2.75, 3.05) is 0 Å². The SMILES string of the molecule is O=c1oc2cc(O)cc(O)c2cc1-c1ccc(O)cc1. The molecule has 5 nitrogen and oxygen atoms in total. The Kier molecular flexibility index (Phi) is 2.61. The summed E-state index contributed by atoms with van der Waals surface area (Å²) in [6.07, 6.45) is 0. The van der Waals surface area contributed by atoms with E-state index in [-0.39, 0.29) is 28.4 Å². The molecule has 0 fully saturated rings. The van der Waals surface area contributed by atoms with Crippen LogP contribution in [-0.4, -0.2) is 15.3 Å². The number of aromatic hydroxyl groups is 3. The highest BCUT2D eigenvalue weighted by molar-refractivity contribution is 5.88. The summed E-state index contributed by atoms with van der Waals surface area (Å²) >= 11 is 0. The summed E-state index contributed by atoms with van der Waals surface area (Å²) in [6, 6.07) is 9.98. The minimum Gasteiger partial charge on any atom is -0.508 e. The fourth-order valence-electron chi connectivity index (χ4n) is 2.03. The van der Waals surface area contributed by atoms with Gasteiger partial charge in [0, 0.05) is 12.1 Å². The zero-order valence-electron chi connectivity index (χ0n) is 10.2. The van der Waals surface area contributed by atoms with Gasteiger partial charge in [-0.25, -0.2) is 4.79 Å². The highest BCUT2D eigenvalue weighted by Gasteiger charge is 2.11. The van der Waals surface area contributed by atoms with Gasteiger partial charge in [-0.05, 0) is 23.8 Å². The summed E-state index contributed by atoms with van der Waals surface area (Å²) in [4.78, 5) is 11.9. The third-order valence-corrected chi connectivity index (χ3v) is 2.99. The lowest BCUT2D eigenvalue weighted by molar-refractivity contribution is 0.451. The van der Waals surface area contributed by atoms with E-state index >= 15 is 0 Å². The Morgan fingerprint density at radius 3 is 2.25 bits per heavy atom. The van der Waals surface area contributed by atoms with Gasteiger partial charge in [0.05, 0.1) is 10.9 Å². The highest BCUT2D eigenvalue weighted by Crippen LogP contribution is 2.31. The summed E-state index contributed by atoms with van der Waals surface area (Å²) in [7, 11) is 0. The molecular weight excluding hydrogens is 260 g/mol. The second-order valence-corrected chi connectivity index (χ2v) is 4.37. The standard InChI is InChI=1S/C15H10O5/c16-9-3-1-8(2-4-9)11-7-12-13(18)5-10(17)6-14(12)20-15(11)19/h1-7,16-18H. The fraction of sp³-hybridized carbons (Fsp3) is 0. The van der Waals surface area contributed by atoms with Gasteiger partial charge in [-0.15, -0.1) is 0 Å². The van der Waals surface area contributed by atoms with Crippen molar-refractivity contribution in [1.29, 1.82) is 0 Å². The molecule has 3 rings (SSSR count). The zero-order chi connectivity index (χ0) is 14.3. The van der Waals surface area contributed by atoms with Gasteiger partial charge in [-0.1, -0.05) is 12.1 Å². The zero-order valence-corrected chi connectivity index (χ0v) is 10.2. The molecule has 0 amide bonds. The second kappa shape index (κ2) is 4.31. The first-order valence-corrected chi connectivity index (χ1v) is 5.84. The van der Waals surface area contributed by atoms with E-state index in [1.54, 1.807) is 12.1 Å². The van der Waals surface area contributed by atoms with Crippen LogP contribution in [0.1, 0.15) is 0 Å². The molecule has 0 bridgehead atoms. The molecule has 100 valence electrons. The summed E-state index contributed by atoms with van der Waals surface area (Å²) < 4.78 is 5.10. The van der Waals surface area contributed by atoms with Gasteiger partial charge in [-0.2, -0.15) is 0 Å². The quantitative estimate of drug-likeness (QED) is 0.591. The summed E-state index contributed by atoms with van der Waals surface area (Å²) in [5.74, 6) is -0.272. The molecule has 0 spiro atoms. The predicted octanol–water partition coefficient (Wildman–Crippen LogP) is 2.58. The number of phenolic OH excluding ortho intramolecular Hbond substituents is 3. The van der Waals surface area contributed by atoms with Crippen LogP contribution in [0.3, 0.4) is 0 Å². The Morgan fingerprint density at radius 1 is 0.850 bits per heavy atom. The number of fused-ring (bicyclic) bond motifs is 1. The molecule has 1 aromatic heterocycles. The van der Waals surface area contributed by atoms with E-state index in [4.69, 9.17) is 4.42 Å². The maximum atomic E-state index is 11.9. The Balaban J connectivity index is 2.29. The summed E-state index contributed by atoms with van der Waals surface area (Å²) in [5, 5.41) is 28.7. The monoisotopic (exact) mass is 270 g/mol. The average Bonchev–Trinajstić information content (AvgIpc) is 2.39. The highest BCUT2D eigenvalue weighted by atomic mass is 16.4. The number of hydrogen-bond donors (Lipinski definition) is 3. The van der Waals surface area contributed by atoms with Crippen LogP contribution >= 0.6 is 0 Å². The minimum atomic E-state index is -0.590. The van der Waals surface area contributed by atoms with Gasteiger partial charge >= 0.3 is 5.63 Å². The van der Waals surface area contributed by atoms with Crippen LogP contribution in [0.15, 0.2) is 51.7 Å². The van der Waals surface area contributed by atoms with Crippen molar-refractivity contribution in [2.45, 2.75) is 0 Å². The van der Waals surface area contributed by atoms with Crippen molar-refractivity contribution >= 4 is 11.0 Å². The second-order valence-electron chi connectivity index (χ2n) is 4.37. The topological polar surface area (TPSA) is 90.9 Å². The Labute approximate surface area is 113 Å². The van der Waals surface area contributed by atoms with Gasteiger partial charge < -0.3 is 19.7 Å². The first-order chi connectivity index (χ1) is 9.54. The van der Waals surface area contributed by atoms with Crippen molar-refractivity contribution in [1.82, 2.24) is 0 Å². The first-order valence-electron chi connectivity index (χ1n) is 5.84. The molecule has 5 heteroatoms. The van der Waals surface area contributed by atoms with Crippen molar-refractivity contribution < 1.29 is 19.7 Å². The molecule has 0 radical (unpaired) electrons. The normalized spacial score (nSPS) is 10.8. The first kappa shape index (κ1) is 12.1. The third kappa shape index (κ3) is 1.95. The Morgan fingerprint density at radius 2 is 1.55 bits per heavy atom. The van der Waals surface area contributed by atoms with Gasteiger partial charge in [0.2, 0.25) is 0 Å². The number of phenols is 3. The molecule has 0 saturated carbocycles. The lowest BCUT2D eigenvalue weighted by Gasteiger charge is -2.05. The third-order valence-electron chi connectivity index (χ3n) is 2.99. The number of hydrogen-bond acceptors (Lipinski definition) is 5. The molecule has 0 atom stereocenters. The molecule has 0 unspecified atom stereocenters. The van der Waals surface area contributed by atoms with Crippen LogP contribution in [-0.2, 0) is 0 Å². The molecule has 3 aromatic rings. The van der Waals surface area contributed by atoms with Crippen molar-refractivity contribution in [3.8, 4) is 28.4 Å². The molecule has 0 saturated heterocycles. The van der Waals surface area contributed by atoms with Crippen molar-refractivity contribution in [2.24, 2.45) is 0 Å². The molecule has 0 aliphatic heterocycles. The molecule has 0 aliphatic carbocycles. The number of benzene rings is 2. The Bertz CT molecular complexity index is 847. The van der Waals surface area contributed by atoms with E-state index in [1.165, 1.54) is 30.3 Å². The molecule has 0 aliphatic rings. The van der Waals surface area contributed by atoms with Crippen molar-refractivity contribution in [3.63, 3.8) is 0 Å². The van der Waals surface area contributed by atoms with Crippen LogP contribution < -0.4 is 5.63 Å². The van der Waals surface area contributed by atoms with Crippen LogP contribution in [0.25, 0.3) is 22.1 Å². The molecule has 20 heavy (non-hydrogen) atoms. The molecule has 1 heterocycles. The number of rotatable bonds is 1. The lowest BCUT2D eigenvalue weighted by atomic mass is 10.1. The van der Waals surface area contributed by atoms with Crippen LogP contribution in [0, 0.1) is 0 Å². The van der Waals surface area contributed by atoms with Crippen molar-refractivity contribution in [3.05, 3.63) is 52.9 Å². The average molecular weight is 270 g/mol. The largest absolute Gasteiger partial charge is 0.508 e. The lowest BCUT2D eigenvalue weighted by Crippen LogP contribution is -2.02. The van der Waals surface area contributed by atoms with Gasteiger partial charge in [0.15, 0.2) is 0 Å². The van der Waals surface area contributed by atoms with Crippen LogP contribution in [0.4, 0.5) is 0 Å². The molecular formula is C15H10O5. The van der Waals surface area contributed by atoms with Gasteiger partial charge in [0.1, 0.15) is 22.8 Å². The van der Waals surface area contributed by atoms with E-state index < -0.39 is 5.63 Å². The molecule has 2 aromatic carbocycles. The summed E-state index contributed by atoms with van der Waals surface area (Å²) in [6.45, 7) is 0. The predicted molar refractivity (Wildman–Crippen MR) is 72.9 cm³/mol. The van der Waals surface area contributed by atoms with E-state index in [2.05, 4.69) is 0 Å². The summed E-state index contributed by atoms with van der Waals surface area (Å²) in [5.41, 5.74) is 0.340. The van der Waals surface area contributed by atoms with Crippen LogP contribution in [0.2, 0.25) is 0 Å². The minimum absolute atomic E-state index is 0.0895. The van der Waals surface area contributed by atoms with Crippen LogP contribution in [0.5, 0.6) is 17.2 Å². The van der Waals surface area contributed by atoms with E-state index in [0.717, 1.165) is 0 Å². The Hall–Kier alpha value is -2.95. The van der Waals surface area contributed by atoms with Gasteiger partial charge in [-0.3, -0.25) is 0 Å². The van der Waals surface area contributed by atoms with Gasteiger partial charge in [0.25, 0.3) is 0 Å². The maximum Gasteiger partial charge on any atom is 0.344 e. The van der Waals surface area contributed by atoms with E-state index in [1.807, 2.05) is 0 Å². The fourth-order valence-corrected chi connectivity index (χ4v) is 2.03. The smallest absolute Gasteiger partial charge is 0.344 e. The van der Waals surface area contributed by atoms with E-state index in [9.17, 15) is 20.1 Å². The molecule has 3 N–H and O–H groups in total. The van der Waals surface area contributed by atoms with E-state index in [0.29, 0.717) is 10.9 Å².